The van der Waals surface area contributed by atoms with Crippen LogP contribution in [-0.4, -0.2) is 94.6 Å². The Hall–Kier alpha value is -1.81. The van der Waals surface area contributed by atoms with E-state index in [2.05, 4.69) is 20.0 Å². The summed E-state index contributed by atoms with van der Waals surface area (Å²) in [6.07, 6.45) is 2.36. The summed E-state index contributed by atoms with van der Waals surface area (Å²) in [6.45, 7) is 4.04. The first-order valence-electron chi connectivity index (χ1n) is 9.67. The van der Waals surface area contributed by atoms with E-state index in [9.17, 15) is 5.11 Å². The van der Waals surface area contributed by atoms with Gasteiger partial charge in [-0.15, -0.1) is 15.3 Å². The predicted molar refractivity (Wildman–Crippen MR) is 98.0 cm³/mol. The third-order valence-corrected chi connectivity index (χ3v) is 5.68. The summed E-state index contributed by atoms with van der Waals surface area (Å²) in [5.41, 5.74) is -0.129. The molecule has 0 spiro atoms. The van der Waals surface area contributed by atoms with Gasteiger partial charge in [0.25, 0.3) is 0 Å². The van der Waals surface area contributed by atoms with Gasteiger partial charge in [0.15, 0.2) is 11.5 Å². The van der Waals surface area contributed by atoms with Crippen LogP contribution < -0.4 is 4.90 Å². The van der Waals surface area contributed by atoms with Gasteiger partial charge >= 0.3 is 0 Å². The molecule has 2 saturated heterocycles. The van der Waals surface area contributed by atoms with E-state index in [1.165, 1.54) is 12.8 Å². The van der Waals surface area contributed by atoms with Crippen molar-refractivity contribution in [1.29, 1.82) is 0 Å². The monoisotopic (exact) mass is 374 g/mol. The molecule has 0 bridgehead atoms. The average Bonchev–Trinajstić information content (AvgIpc) is 3.39. The van der Waals surface area contributed by atoms with Crippen LogP contribution in [0.4, 0.5) is 5.82 Å². The SMILES string of the molecule is CN(CC1(O)COCCOC1)C1CN(c2ccc3nnc(C4CC4)n3n2)C1. The number of hydrogen-bond acceptors (Lipinski definition) is 8. The van der Waals surface area contributed by atoms with Crippen LogP contribution >= 0.6 is 0 Å². The predicted octanol–water partition coefficient (Wildman–Crippen LogP) is -0.1000. The lowest BCUT2D eigenvalue weighted by atomic mass is 10.0. The molecule has 2 aliphatic heterocycles. The van der Waals surface area contributed by atoms with Crippen molar-refractivity contribution in [1.82, 2.24) is 24.7 Å². The van der Waals surface area contributed by atoms with Gasteiger partial charge in [0.05, 0.1) is 26.4 Å². The lowest BCUT2D eigenvalue weighted by molar-refractivity contribution is -0.0773. The molecule has 2 aromatic heterocycles. The van der Waals surface area contributed by atoms with Crippen LogP contribution in [0.15, 0.2) is 12.1 Å². The van der Waals surface area contributed by atoms with Crippen LogP contribution in [0.1, 0.15) is 24.6 Å². The number of anilines is 1. The largest absolute Gasteiger partial charge is 0.384 e. The third kappa shape index (κ3) is 3.40. The summed E-state index contributed by atoms with van der Waals surface area (Å²) in [4.78, 5) is 4.45. The van der Waals surface area contributed by atoms with Gasteiger partial charge in [-0.2, -0.15) is 4.52 Å². The van der Waals surface area contributed by atoms with Crippen molar-refractivity contribution in [2.45, 2.75) is 30.4 Å². The van der Waals surface area contributed by atoms with Crippen molar-refractivity contribution in [2.24, 2.45) is 0 Å². The molecule has 1 N–H and O–H groups in total. The van der Waals surface area contributed by atoms with E-state index in [0.29, 0.717) is 44.9 Å². The maximum atomic E-state index is 10.7. The number of likely N-dealkylation sites (N-methyl/N-ethyl adjacent to an activating group) is 1. The van der Waals surface area contributed by atoms with E-state index >= 15 is 0 Å². The Labute approximate surface area is 157 Å². The maximum Gasteiger partial charge on any atom is 0.178 e. The number of rotatable bonds is 5. The van der Waals surface area contributed by atoms with Gasteiger partial charge in [-0.1, -0.05) is 0 Å². The molecule has 9 nitrogen and oxygen atoms in total. The van der Waals surface area contributed by atoms with Gasteiger partial charge in [0, 0.05) is 31.6 Å². The van der Waals surface area contributed by atoms with E-state index in [4.69, 9.17) is 14.6 Å². The molecular formula is C18H26N6O3. The molecule has 0 amide bonds. The van der Waals surface area contributed by atoms with Crippen LogP contribution in [0.25, 0.3) is 5.65 Å². The summed E-state index contributed by atoms with van der Waals surface area (Å²) in [5, 5.41) is 24.0. The number of hydrogen-bond donors (Lipinski definition) is 1. The Balaban J connectivity index is 1.22. The highest BCUT2D eigenvalue weighted by atomic mass is 16.6. The molecule has 0 atom stereocenters. The smallest absolute Gasteiger partial charge is 0.178 e. The average molecular weight is 374 g/mol. The highest BCUT2D eigenvalue weighted by Gasteiger charge is 2.37. The second-order valence-corrected chi connectivity index (χ2v) is 8.10. The fraction of sp³-hybridized carbons (Fsp3) is 0.722. The van der Waals surface area contributed by atoms with Crippen LogP contribution in [0.3, 0.4) is 0 Å². The van der Waals surface area contributed by atoms with Crippen molar-refractivity contribution in [3.8, 4) is 0 Å². The van der Waals surface area contributed by atoms with Gasteiger partial charge in [0.2, 0.25) is 0 Å². The summed E-state index contributed by atoms with van der Waals surface area (Å²) < 4.78 is 12.8. The molecule has 1 saturated carbocycles. The van der Waals surface area contributed by atoms with Crippen molar-refractivity contribution >= 4 is 11.5 Å². The normalized spacial score (nSPS) is 23.6. The Morgan fingerprint density at radius 2 is 1.93 bits per heavy atom. The standard InChI is InChI=1S/C18H26N6O3/c1-22(10-18(25)11-26-6-7-27-12-18)14-8-23(9-14)16-5-4-15-19-20-17(13-2-3-13)24(15)21-16/h4-5,13-14,25H,2-3,6-12H2,1H3. The van der Waals surface area contributed by atoms with E-state index in [1.54, 1.807) is 0 Å². The Morgan fingerprint density at radius 3 is 2.63 bits per heavy atom. The number of aliphatic hydroxyl groups is 1. The lowest BCUT2D eigenvalue weighted by Crippen LogP contribution is -2.62. The molecule has 27 heavy (non-hydrogen) atoms. The van der Waals surface area contributed by atoms with E-state index < -0.39 is 5.60 Å². The molecular weight excluding hydrogens is 348 g/mol. The zero-order chi connectivity index (χ0) is 18.4. The molecule has 2 aromatic rings. The summed E-state index contributed by atoms with van der Waals surface area (Å²) in [5.74, 6) is 2.45. The second-order valence-electron chi connectivity index (χ2n) is 8.10. The number of fused-ring (bicyclic) bond motifs is 1. The first-order chi connectivity index (χ1) is 13.1. The molecule has 9 heteroatoms. The fourth-order valence-electron chi connectivity index (χ4n) is 3.85. The third-order valence-electron chi connectivity index (χ3n) is 5.68. The van der Waals surface area contributed by atoms with Gasteiger partial charge in [-0.3, -0.25) is 4.90 Å². The minimum Gasteiger partial charge on any atom is -0.384 e. The number of nitrogens with zero attached hydrogens (tertiary/aromatic N) is 6. The Bertz CT molecular complexity index is 809. The highest BCUT2D eigenvalue weighted by Crippen LogP contribution is 2.38. The van der Waals surface area contributed by atoms with E-state index in [1.807, 2.05) is 23.7 Å². The summed E-state index contributed by atoms with van der Waals surface area (Å²) in [7, 11) is 2.05. The first kappa shape index (κ1) is 17.3. The second kappa shape index (κ2) is 6.66. The topological polar surface area (TPSA) is 88.3 Å². The first-order valence-corrected chi connectivity index (χ1v) is 9.67. The molecule has 146 valence electrons. The molecule has 0 unspecified atom stereocenters. The minimum atomic E-state index is -0.940. The van der Waals surface area contributed by atoms with Gasteiger partial charge in [-0.05, 0) is 32.0 Å². The van der Waals surface area contributed by atoms with E-state index in [-0.39, 0.29) is 0 Å². The van der Waals surface area contributed by atoms with Crippen molar-refractivity contribution in [2.75, 3.05) is 58.0 Å². The molecule has 4 heterocycles. The fourth-order valence-corrected chi connectivity index (χ4v) is 3.85. The van der Waals surface area contributed by atoms with Crippen LogP contribution in [-0.2, 0) is 9.47 Å². The Morgan fingerprint density at radius 1 is 1.19 bits per heavy atom. The van der Waals surface area contributed by atoms with Crippen molar-refractivity contribution in [3.05, 3.63) is 18.0 Å². The number of aromatic nitrogens is 4. The molecule has 3 aliphatic rings. The molecule has 3 fully saturated rings. The van der Waals surface area contributed by atoms with Crippen LogP contribution in [0.2, 0.25) is 0 Å². The molecule has 1 aliphatic carbocycles. The molecule has 5 rings (SSSR count). The number of ether oxygens (including phenoxy) is 2. The maximum absolute atomic E-state index is 10.7. The Kier molecular flexibility index (Phi) is 4.27. The lowest BCUT2D eigenvalue weighted by Gasteiger charge is -2.46. The molecule has 0 aromatic carbocycles. The summed E-state index contributed by atoms with van der Waals surface area (Å²) in [6, 6.07) is 4.37. The zero-order valence-corrected chi connectivity index (χ0v) is 15.6. The van der Waals surface area contributed by atoms with Gasteiger partial charge < -0.3 is 19.5 Å². The molecule has 0 radical (unpaired) electrons. The highest BCUT2D eigenvalue weighted by molar-refractivity contribution is 5.48. The van der Waals surface area contributed by atoms with Gasteiger partial charge in [0.1, 0.15) is 11.4 Å². The van der Waals surface area contributed by atoms with Crippen LogP contribution in [0.5, 0.6) is 0 Å². The minimum absolute atomic E-state index is 0.323. The van der Waals surface area contributed by atoms with Gasteiger partial charge in [-0.25, -0.2) is 0 Å². The van der Waals surface area contributed by atoms with E-state index in [0.717, 1.165) is 30.4 Å². The summed E-state index contributed by atoms with van der Waals surface area (Å²) >= 11 is 0. The van der Waals surface area contributed by atoms with Crippen molar-refractivity contribution in [3.63, 3.8) is 0 Å². The quantitative estimate of drug-likeness (QED) is 0.776. The van der Waals surface area contributed by atoms with Crippen LogP contribution in [0, 0.1) is 0 Å². The zero-order valence-electron chi connectivity index (χ0n) is 15.6. The van der Waals surface area contributed by atoms with Crippen molar-refractivity contribution < 1.29 is 14.6 Å².